The predicted octanol–water partition coefficient (Wildman–Crippen LogP) is 2.46. The molecule has 2 aromatic heterocycles. The summed E-state index contributed by atoms with van der Waals surface area (Å²) in [5.41, 5.74) is 3.11. The summed E-state index contributed by atoms with van der Waals surface area (Å²) >= 11 is 0. The first kappa shape index (κ1) is 11.6. The van der Waals surface area contributed by atoms with Gasteiger partial charge in [0.05, 0.1) is 35.7 Å². The highest BCUT2D eigenvalue weighted by atomic mass is 15.1. The Morgan fingerprint density at radius 1 is 1.16 bits per heavy atom. The normalized spacial score (nSPS) is 10.8. The van der Waals surface area contributed by atoms with E-state index in [2.05, 4.69) is 37.8 Å². The van der Waals surface area contributed by atoms with Crippen molar-refractivity contribution in [2.75, 3.05) is 5.32 Å². The Bertz CT molecular complexity index is 675. The van der Waals surface area contributed by atoms with E-state index >= 15 is 0 Å². The zero-order valence-corrected chi connectivity index (χ0v) is 10.7. The third-order valence-corrected chi connectivity index (χ3v) is 3.06. The van der Waals surface area contributed by atoms with Crippen LogP contribution in [0.1, 0.15) is 12.7 Å². The summed E-state index contributed by atoms with van der Waals surface area (Å²) in [6.07, 6.45) is 5.03. The summed E-state index contributed by atoms with van der Waals surface area (Å²) in [5, 5.41) is 3.29. The second-order valence-electron chi connectivity index (χ2n) is 4.24. The van der Waals surface area contributed by atoms with Crippen molar-refractivity contribution < 1.29 is 0 Å². The fourth-order valence-corrected chi connectivity index (χ4v) is 2.18. The van der Waals surface area contributed by atoms with Gasteiger partial charge < -0.3 is 9.88 Å². The fourth-order valence-electron chi connectivity index (χ4n) is 2.18. The van der Waals surface area contributed by atoms with Gasteiger partial charge in [-0.3, -0.25) is 0 Å². The molecule has 1 N–H and O–H groups in total. The Labute approximate surface area is 111 Å². The van der Waals surface area contributed by atoms with E-state index in [4.69, 9.17) is 0 Å². The van der Waals surface area contributed by atoms with Crippen LogP contribution in [0.4, 0.5) is 5.69 Å². The lowest BCUT2D eigenvalue weighted by atomic mass is 10.3. The monoisotopic (exact) mass is 253 g/mol. The van der Waals surface area contributed by atoms with Crippen LogP contribution < -0.4 is 5.32 Å². The molecule has 0 aliphatic rings. The van der Waals surface area contributed by atoms with Crippen molar-refractivity contribution in [1.29, 1.82) is 0 Å². The molecular formula is C14H15N5. The number of hydrogen-bond donors (Lipinski definition) is 1. The predicted molar refractivity (Wildman–Crippen MR) is 74.8 cm³/mol. The molecule has 0 aliphatic carbocycles. The number of nitrogens with zero attached hydrogens (tertiary/aromatic N) is 4. The van der Waals surface area contributed by atoms with Crippen LogP contribution >= 0.6 is 0 Å². The van der Waals surface area contributed by atoms with E-state index in [0.717, 1.165) is 23.6 Å². The van der Waals surface area contributed by atoms with Crippen LogP contribution in [-0.4, -0.2) is 19.5 Å². The quantitative estimate of drug-likeness (QED) is 0.776. The fraction of sp³-hybridized carbons (Fsp3) is 0.214. The zero-order valence-electron chi connectivity index (χ0n) is 10.7. The molecule has 5 heteroatoms. The Kier molecular flexibility index (Phi) is 3.10. The lowest BCUT2D eigenvalue weighted by Crippen LogP contribution is -2.08. The number of aryl methyl sites for hydroxylation is 1. The minimum Gasteiger partial charge on any atom is -0.375 e. The first-order chi connectivity index (χ1) is 9.38. The average Bonchev–Trinajstić information content (AvgIpc) is 2.83. The van der Waals surface area contributed by atoms with Crippen molar-refractivity contribution in [1.82, 2.24) is 19.5 Å². The highest BCUT2D eigenvalue weighted by molar-refractivity contribution is 5.75. The summed E-state index contributed by atoms with van der Waals surface area (Å²) in [5.74, 6) is 1.02. The molecular weight excluding hydrogens is 238 g/mol. The molecule has 1 aromatic carbocycles. The molecule has 0 saturated carbocycles. The molecule has 19 heavy (non-hydrogen) atoms. The number of anilines is 1. The third kappa shape index (κ3) is 2.27. The maximum atomic E-state index is 4.66. The van der Waals surface area contributed by atoms with E-state index in [1.54, 1.807) is 12.4 Å². The van der Waals surface area contributed by atoms with Gasteiger partial charge in [-0.1, -0.05) is 12.1 Å². The molecule has 0 amide bonds. The van der Waals surface area contributed by atoms with Gasteiger partial charge in [0.25, 0.3) is 0 Å². The van der Waals surface area contributed by atoms with Crippen molar-refractivity contribution in [3.05, 3.63) is 48.8 Å². The SMILES string of the molecule is CCn1c(CNc2cncnc2)nc2ccccc21. The molecule has 0 aliphatic heterocycles. The highest BCUT2D eigenvalue weighted by Crippen LogP contribution is 2.16. The number of fused-ring (bicyclic) bond motifs is 1. The number of hydrogen-bond acceptors (Lipinski definition) is 4. The number of nitrogens with one attached hydrogen (secondary N) is 1. The summed E-state index contributed by atoms with van der Waals surface area (Å²) in [7, 11) is 0. The minimum absolute atomic E-state index is 0.663. The number of rotatable bonds is 4. The Morgan fingerprint density at radius 3 is 2.74 bits per heavy atom. The largest absolute Gasteiger partial charge is 0.375 e. The number of imidazole rings is 1. The van der Waals surface area contributed by atoms with Gasteiger partial charge in [0.2, 0.25) is 0 Å². The summed E-state index contributed by atoms with van der Waals surface area (Å²) in [4.78, 5) is 12.6. The van der Waals surface area contributed by atoms with Crippen LogP contribution in [0.3, 0.4) is 0 Å². The van der Waals surface area contributed by atoms with E-state index in [-0.39, 0.29) is 0 Å². The third-order valence-electron chi connectivity index (χ3n) is 3.06. The van der Waals surface area contributed by atoms with Gasteiger partial charge in [-0.15, -0.1) is 0 Å². The Hall–Kier alpha value is -2.43. The van der Waals surface area contributed by atoms with Crippen LogP contribution in [-0.2, 0) is 13.1 Å². The smallest absolute Gasteiger partial charge is 0.129 e. The van der Waals surface area contributed by atoms with Gasteiger partial charge >= 0.3 is 0 Å². The van der Waals surface area contributed by atoms with Crippen LogP contribution in [0.2, 0.25) is 0 Å². The summed E-state index contributed by atoms with van der Waals surface area (Å²) in [6, 6.07) is 8.19. The van der Waals surface area contributed by atoms with Crippen molar-refractivity contribution in [2.24, 2.45) is 0 Å². The van der Waals surface area contributed by atoms with E-state index < -0.39 is 0 Å². The van der Waals surface area contributed by atoms with Gasteiger partial charge in [-0.05, 0) is 19.1 Å². The van der Waals surface area contributed by atoms with Crippen LogP contribution in [0.15, 0.2) is 43.0 Å². The molecule has 0 radical (unpaired) electrons. The lowest BCUT2D eigenvalue weighted by Gasteiger charge is -2.07. The molecule has 0 unspecified atom stereocenters. The van der Waals surface area contributed by atoms with Gasteiger partial charge in [0.15, 0.2) is 0 Å². The highest BCUT2D eigenvalue weighted by Gasteiger charge is 2.08. The van der Waals surface area contributed by atoms with Crippen LogP contribution in [0.5, 0.6) is 0 Å². The van der Waals surface area contributed by atoms with Crippen molar-refractivity contribution in [2.45, 2.75) is 20.0 Å². The molecule has 5 nitrogen and oxygen atoms in total. The minimum atomic E-state index is 0.663. The number of para-hydroxylation sites is 2. The van der Waals surface area contributed by atoms with E-state index in [1.165, 1.54) is 11.8 Å². The van der Waals surface area contributed by atoms with Gasteiger partial charge in [0, 0.05) is 6.54 Å². The molecule has 2 heterocycles. The molecule has 0 spiro atoms. The van der Waals surface area contributed by atoms with Crippen LogP contribution in [0.25, 0.3) is 11.0 Å². The standard InChI is InChI=1S/C14H15N5/c1-2-19-13-6-4-3-5-12(13)18-14(19)9-17-11-7-15-10-16-8-11/h3-8,10,17H,2,9H2,1H3. The molecule has 0 fully saturated rings. The van der Waals surface area contributed by atoms with E-state index in [0.29, 0.717) is 6.54 Å². The maximum Gasteiger partial charge on any atom is 0.129 e. The number of aromatic nitrogens is 4. The topological polar surface area (TPSA) is 55.6 Å². The lowest BCUT2D eigenvalue weighted by molar-refractivity contribution is 0.728. The second kappa shape index (κ2) is 5.06. The Morgan fingerprint density at radius 2 is 1.95 bits per heavy atom. The van der Waals surface area contributed by atoms with Crippen molar-refractivity contribution in [3.63, 3.8) is 0 Å². The molecule has 0 atom stereocenters. The molecule has 0 bridgehead atoms. The molecule has 3 rings (SSSR count). The van der Waals surface area contributed by atoms with Crippen LogP contribution in [0, 0.1) is 0 Å². The first-order valence-corrected chi connectivity index (χ1v) is 6.31. The first-order valence-electron chi connectivity index (χ1n) is 6.31. The van der Waals surface area contributed by atoms with Crippen molar-refractivity contribution >= 4 is 16.7 Å². The summed E-state index contributed by atoms with van der Waals surface area (Å²) in [6.45, 7) is 3.70. The summed E-state index contributed by atoms with van der Waals surface area (Å²) < 4.78 is 2.21. The molecule has 0 saturated heterocycles. The van der Waals surface area contributed by atoms with Crippen molar-refractivity contribution in [3.8, 4) is 0 Å². The second-order valence-corrected chi connectivity index (χ2v) is 4.24. The Balaban J connectivity index is 1.88. The maximum absolute atomic E-state index is 4.66. The van der Waals surface area contributed by atoms with Gasteiger partial charge in [-0.2, -0.15) is 0 Å². The zero-order chi connectivity index (χ0) is 13.1. The van der Waals surface area contributed by atoms with Gasteiger partial charge in [0.1, 0.15) is 12.2 Å². The molecule has 3 aromatic rings. The number of benzene rings is 1. The molecule has 96 valence electrons. The average molecular weight is 253 g/mol. The van der Waals surface area contributed by atoms with Gasteiger partial charge in [-0.25, -0.2) is 15.0 Å². The van der Waals surface area contributed by atoms with E-state index in [1.807, 2.05) is 18.2 Å². The van der Waals surface area contributed by atoms with E-state index in [9.17, 15) is 0 Å².